The second-order valence-corrected chi connectivity index (χ2v) is 11.4. The van der Waals surface area contributed by atoms with E-state index in [1.54, 1.807) is 0 Å². The summed E-state index contributed by atoms with van der Waals surface area (Å²) in [4.78, 5) is 2.44. The first kappa shape index (κ1) is 27.4. The van der Waals surface area contributed by atoms with E-state index in [2.05, 4.69) is 173 Å². The molecule has 0 saturated heterocycles. The van der Waals surface area contributed by atoms with E-state index in [1.807, 2.05) is 0 Å². The molecule has 3 nitrogen and oxygen atoms in total. The van der Waals surface area contributed by atoms with Crippen molar-refractivity contribution in [2.24, 2.45) is 0 Å². The molecule has 0 spiro atoms. The Morgan fingerprint density at radius 2 is 0.800 bits per heavy atom. The second-order valence-electron chi connectivity index (χ2n) is 11.4. The van der Waals surface area contributed by atoms with Gasteiger partial charge in [0.05, 0.1) is 28.2 Å². The lowest BCUT2D eigenvalue weighted by molar-refractivity contribution is 0.554. The SMILES string of the molecule is [CH2]c1ccc(N(Cc2ccc([N+](C)(C)c3ccccc3)cc2)Cc2ccc([N+](C)(C)c3ccccc3)cc2)cc1. The van der Waals surface area contributed by atoms with E-state index in [0.29, 0.717) is 8.97 Å². The van der Waals surface area contributed by atoms with Crippen molar-refractivity contribution in [1.82, 2.24) is 8.97 Å². The van der Waals surface area contributed by atoms with Crippen LogP contribution >= 0.6 is 0 Å². The molecule has 0 amide bonds. The van der Waals surface area contributed by atoms with E-state index in [9.17, 15) is 0 Å². The van der Waals surface area contributed by atoms with Gasteiger partial charge in [0.15, 0.2) is 0 Å². The number of benzene rings is 5. The standard InChI is InChI=1S/C37H40N3/c1-30-16-22-33(23-17-30)38(28-31-18-24-36(25-19-31)39(2,3)34-12-8-6-9-13-34)29-32-20-26-37(27-21-32)40(4,5)35-14-10-7-11-15-35/h6-27H,1,28-29H2,2-5H3/q+2. The zero-order valence-corrected chi connectivity index (χ0v) is 24.2. The molecule has 0 bridgehead atoms. The summed E-state index contributed by atoms with van der Waals surface area (Å²) in [7, 11) is 8.94. The molecule has 0 fully saturated rings. The fourth-order valence-electron chi connectivity index (χ4n) is 5.23. The number of hydrogen-bond donors (Lipinski definition) is 0. The van der Waals surface area contributed by atoms with Gasteiger partial charge in [-0.05, 0) is 84.3 Å². The Bertz CT molecular complexity index is 1410. The average molecular weight is 527 g/mol. The molecule has 201 valence electrons. The summed E-state index contributed by atoms with van der Waals surface area (Å²) >= 11 is 0. The van der Waals surface area contributed by atoms with Crippen LogP contribution in [0.3, 0.4) is 0 Å². The molecule has 0 aliphatic rings. The molecule has 0 N–H and O–H groups in total. The van der Waals surface area contributed by atoms with Gasteiger partial charge in [-0.2, -0.15) is 0 Å². The van der Waals surface area contributed by atoms with Crippen LogP contribution in [0, 0.1) is 6.92 Å². The molecular formula is C37H40N3+2. The topological polar surface area (TPSA) is 3.24 Å². The van der Waals surface area contributed by atoms with Crippen LogP contribution in [0.25, 0.3) is 0 Å². The summed E-state index contributed by atoms with van der Waals surface area (Å²) in [6, 6.07) is 48.0. The summed E-state index contributed by atoms with van der Waals surface area (Å²) in [6.45, 7) is 5.73. The molecule has 3 heteroatoms. The summed E-state index contributed by atoms with van der Waals surface area (Å²) in [5.41, 5.74) is 9.85. The van der Waals surface area contributed by atoms with Gasteiger partial charge in [-0.15, -0.1) is 0 Å². The molecular weight excluding hydrogens is 486 g/mol. The third-order valence-electron chi connectivity index (χ3n) is 8.02. The van der Waals surface area contributed by atoms with Crippen molar-refractivity contribution in [2.75, 3.05) is 33.1 Å². The predicted octanol–water partition coefficient (Wildman–Crippen LogP) is 8.87. The van der Waals surface area contributed by atoms with Gasteiger partial charge in [-0.3, -0.25) is 8.97 Å². The Kier molecular flexibility index (Phi) is 7.88. The highest BCUT2D eigenvalue weighted by Gasteiger charge is 2.23. The quantitative estimate of drug-likeness (QED) is 0.173. The molecule has 1 radical (unpaired) electrons. The highest BCUT2D eigenvalue weighted by molar-refractivity contribution is 5.59. The number of anilines is 1. The average Bonchev–Trinajstić information content (AvgIpc) is 2.99. The molecule has 0 atom stereocenters. The molecule has 5 rings (SSSR count). The van der Waals surface area contributed by atoms with Crippen LogP contribution in [0.5, 0.6) is 0 Å². The van der Waals surface area contributed by atoms with Crippen LogP contribution in [0.2, 0.25) is 0 Å². The fourth-order valence-corrected chi connectivity index (χ4v) is 5.23. The van der Waals surface area contributed by atoms with Gasteiger partial charge in [0.2, 0.25) is 0 Å². The van der Waals surface area contributed by atoms with Crippen molar-refractivity contribution in [3.63, 3.8) is 0 Å². The molecule has 5 aromatic rings. The maximum atomic E-state index is 4.08. The first-order valence-corrected chi connectivity index (χ1v) is 13.9. The molecule has 0 heterocycles. The molecule has 0 unspecified atom stereocenters. The lowest BCUT2D eigenvalue weighted by Gasteiger charge is -2.30. The minimum atomic E-state index is 0.708. The highest BCUT2D eigenvalue weighted by Crippen LogP contribution is 2.32. The number of hydrogen-bond acceptors (Lipinski definition) is 1. The van der Waals surface area contributed by atoms with E-state index in [4.69, 9.17) is 0 Å². The summed E-state index contributed by atoms with van der Waals surface area (Å²) < 4.78 is 1.42. The van der Waals surface area contributed by atoms with Gasteiger partial charge in [0.25, 0.3) is 0 Å². The minimum absolute atomic E-state index is 0.708. The lowest BCUT2D eigenvalue weighted by atomic mass is 10.1. The Hall–Kier alpha value is -4.18. The van der Waals surface area contributed by atoms with Crippen LogP contribution in [-0.2, 0) is 13.1 Å². The molecule has 5 aromatic carbocycles. The first-order chi connectivity index (χ1) is 19.2. The largest absolute Gasteiger partial charge is 0.363 e. The zero-order chi connectivity index (χ0) is 28.2. The fraction of sp³-hybridized carbons (Fsp3) is 0.162. The van der Waals surface area contributed by atoms with Crippen molar-refractivity contribution < 1.29 is 0 Å². The van der Waals surface area contributed by atoms with E-state index >= 15 is 0 Å². The number of nitrogens with zero attached hydrogens (tertiary/aromatic N) is 3. The van der Waals surface area contributed by atoms with Crippen LogP contribution in [0.1, 0.15) is 16.7 Å². The van der Waals surface area contributed by atoms with Crippen LogP contribution in [0.15, 0.2) is 133 Å². The monoisotopic (exact) mass is 526 g/mol. The Morgan fingerprint density at radius 3 is 1.18 bits per heavy atom. The third kappa shape index (κ3) is 6.02. The molecule has 0 saturated carbocycles. The lowest BCUT2D eigenvalue weighted by Crippen LogP contribution is -2.34. The van der Waals surface area contributed by atoms with Gasteiger partial charge in [-0.1, -0.05) is 72.8 Å². The smallest absolute Gasteiger partial charge is 0.137 e. The molecule has 40 heavy (non-hydrogen) atoms. The van der Waals surface area contributed by atoms with E-state index in [1.165, 1.54) is 39.6 Å². The Balaban J connectivity index is 1.37. The maximum Gasteiger partial charge on any atom is 0.137 e. The third-order valence-corrected chi connectivity index (χ3v) is 8.02. The maximum absolute atomic E-state index is 4.08. The van der Waals surface area contributed by atoms with Crippen LogP contribution < -0.4 is 13.9 Å². The van der Waals surface area contributed by atoms with Crippen molar-refractivity contribution in [3.8, 4) is 0 Å². The molecule has 0 aliphatic carbocycles. The van der Waals surface area contributed by atoms with E-state index < -0.39 is 0 Å². The molecule has 0 aliphatic heterocycles. The summed E-state index contributed by atoms with van der Waals surface area (Å²) in [5.74, 6) is 0. The number of quaternary nitrogens is 2. The zero-order valence-electron chi connectivity index (χ0n) is 24.2. The van der Waals surface area contributed by atoms with Gasteiger partial charge in [-0.25, -0.2) is 0 Å². The Morgan fingerprint density at radius 1 is 0.450 bits per heavy atom. The number of rotatable bonds is 9. The van der Waals surface area contributed by atoms with Crippen LogP contribution in [0.4, 0.5) is 28.4 Å². The predicted molar refractivity (Wildman–Crippen MR) is 173 cm³/mol. The van der Waals surface area contributed by atoms with Crippen molar-refractivity contribution in [1.29, 1.82) is 0 Å². The van der Waals surface area contributed by atoms with Gasteiger partial charge < -0.3 is 4.90 Å². The van der Waals surface area contributed by atoms with Gasteiger partial charge in [0, 0.05) is 18.8 Å². The van der Waals surface area contributed by atoms with Gasteiger partial charge in [0.1, 0.15) is 22.7 Å². The van der Waals surface area contributed by atoms with Gasteiger partial charge >= 0.3 is 0 Å². The first-order valence-electron chi connectivity index (χ1n) is 13.9. The summed E-state index contributed by atoms with van der Waals surface area (Å²) in [5, 5.41) is 0. The Labute approximate surface area is 240 Å². The normalized spacial score (nSPS) is 11.8. The second kappa shape index (κ2) is 11.5. The molecule has 0 aromatic heterocycles. The van der Waals surface area contributed by atoms with Crippen molar-refractivity contribution in [3.05, 3.63) is 157 Å². The van der Waals surface area contributed by atoms with E-state index in [0.717, 1.165) is 18.7 Å². The summed E-state index contributed by atoms with van der Waals surface area (Å²) in [6.07, 6.45) is 0. The van der Waals surface area contributed by atoms with Crippen molar-refractivity contribution >= 4 is 28.4 Å². The van der Waals surface area contributed by atoms with E-state index in [-0.39, 0.29) is 0 Å². The number of para-hydroxylation sites is 2. The van der Waals surface area contributed by atoms with Crippen molar-refractivity contribution in [2.45, 2.75) is 13.1 Å². The highest BCUT2D eigenvalue weighted by atomic mass is 15.3. The minimum Gasteiger partial charge on any atom is -0.363 e. The van der Waals surface area contributed by atoms with Crippen LogP contribution in [-0.4, -0.2) is 28.2 Å².